The van der Waals surface area contributed by atoms with Crippen LogP contribution in [-0.2, 0) is 6.54 Å². The number of nitrogens with one attached hydrogen (secondary N) is 2. The number of H-pyrrole nitrogens is 1. The van der Waals surface area contributed by atoms with E-state index in [-0.39, 0.29) is 18.6 Å². The molecule has 1 fully saturated rings. The third-order valence-corrected chi connectivity index (χ3v) is 6.78. The number of nitrogens with zero attached hydrogens (tertiary/aromatic N) is 6. The van der Waals surface area contributed by atoms with E-state index in [2.05, 4.69) is 25.4 Å². The van der Waals surface area contributed by atoms with Gasteiger partial charge < -0.3 is 21.1 Å². The summed E-state index contributed by atoms with van der Waals surface area (Å²) in [6, 6.07) is 7.18. The Balaban J connectivity index is 1.38. The van der Waals surface area contributed by atoms with Crippen LogP contribution in [0.25, 0.3) is 33.3 Å². The fraction of sp³-hybridized carbons (Fsp3) is 0.261. The van der Waals surface area contributed by atoms with Gasteiger partial charge in [0.15, 0.2) is 11.5 Å². The molecular formula is C23H22ClN9O2. The third-order valence-electron chi connectivity index (χ3n) is 6.38. The molecule has 0 aliphatic heterocycles. The third kappa shape index (κ3) is 3.60. The summed E-state index contributed by atoms with van der Waals surface area (Å²) in [6.07, 6.45) is 6.37. The van der Waals surface area contributed by atoms with Crippen LogP contribution in [0.1, 0.15) is 35.7 Å². The van der Waals surface area contributed by atoms with E-state index in [4.69, 9.17) is 27.5 Å². The number of aromatic amines is 1. The lowest BCUT2D eigenvalue weighted by molar-refractivity contribution is 0.102. The molecule has 4 heterocycles. The highest BCUT2D eigenvalue weighted by Crippen LogP contribution is 2.41. The fourth-order valence-electron chi connectivity index (χ4n) is 4.37. The maximum absolute atomic E-state index is 12.8. The van der Waals surface area contributed by atoms with Crippen molar-refractivity contribution in [2.45, 2.75) is 31.8 Å². The first-order valence-electron chi connectivity index (χ1n) is 11.3. The monoisotopic (exact) mass is 491 g/mol. The molecule has 178 valence electrons. The predicted octanol–water partition coefficient (Wildman–Crippen LogP) is 3.38. The minimum Gasteiger partial charge on any atom is -0.394 e. The van der Waals surface area contributed by atoms with Gasteiger partial charge in [0.1, 0.15) is 17.8 Å². The van der Waals surface area contributed by atoms with Crippen LogP contribution in [0, 0.1) is 0 Å². The van der Waals surface area contributed by atoms with Crippen molar-refractivity contribution in [3.05, 3.63) is 47.4 Å². The SMILES string of the molecule is Nc1ncnc2c1c(-c1[nH]c3cc(C(=O)Nc4ccn(CCO)n4)ccc3c1Cl)nn2C1CCC1. The normalized spacial score (nSPS) is 14.0. The van der Waals surface area contributed by atoms with Gasteiger partial charge in [-0.25, -0.2) is 14.6 Å². The quantitative estimate of drug-likeness (QED) is 0.284. The number of carbonyl (C=O) groups is 1. The van der Waals surface area contributed by atoms with E-state index in [0.29, 0.717) is 56.7 Å². The Bertz CT molecular complexity index is 1580. The van der Waals surface area contributed by atoms with Crippen molar-refractivity contribution in [2.75, 3.05) is 17.7 Å². The number of hydrogen-bond acceptors (Lipinski definition) is 7. The molecule has 1 aliphatic carbocycles. The van der Waals surface area contributed by atoms with Crippen molar-refractivity contribution in [3.8, 4) is 11.4 Å². The standard InChI is InChI=1S/C23H22ClN9O2/c24-18-14-5-4-12(23(35)29-16-6-7-32(30-16)8-9-34)10-15(14)28-20(18)19-17-21(25)26-11-27-22(17)33(31-19)13-2-1-3-13/h4-7,10-11,13,28,34H,1-3,8-9H2,(H2,25,26,27)(H,29,30,35). The van der Waals surface area contributed by atoms with Gasteiger partial charge in [0, 0.05) is 28.7 Å². The van der Waals surface area contributed by atoms with E-state index >= 15 is 0 Å². The van der Waals surface area contributed by atoms with Crippen molar-refractivity contribution in [1.82, 2.24) is 34.5 Å². The molecule has 5 N–H and O–H groups in total. The van der Waals surface area contributed by atoms with Gasteiger partial charge in [-0.3, -0.25) is 9.48 Å². The Kier molecular flexibility index (Phi) is 5.15. The number of aromatic nitrogens is 7. The van der Waals surface area contributed by atoms with Crippen LogP contribution in [0.4, 0.5) is 11.6 Å². The number of anilines is 2. The molecule has 1 aromatic carbocycles. The van der Waals surface area contributed by atoms with E-state index < -0.39 is 0 Å². The zero-order valence-electron chi connectivity index (χ0n) is 18.6. The van der Waals surface area contributed by atoms with Crippen molar-refractivity contribution in [3.63, 3.8) is 0 Å². The van der Waals surface area contributed by atoms with Gasteiger partial charge in [-0.05, 0) is 31.4 Å². The molecule has 0 radical (unpaired) electrons. The second kappa shape index (κ2) is 8.36. The van der Waals surface area contributed by atoms with Gasteiger partial charge >= 0.3 is 0 Å². The number of halogens is 1. The summed E-state index contributed by atoms with van der Waals surface area (Å²) < 4.78 is 3.47. The average molecular weight is 492 g/mol. The number of nitrogens with two attached hydrogens (primary N) is 1. The predicted molar refractivity (Wildman–Crippen MR) is 132 cm³/mol. The molecule has 12 heteroatoms. The lowest BCUT2D eigenvalue weighted by Crippen LogP contribution is -2.18. The van der Waals surface area contributed by atoms with Gasteiger partial charge in [-0.1, -0.05) is 17.7 Å². The summed E-state index contributed by atoms with van der Waals surface area (Å²) in [7, 11) is 0. The first-order chi connectivity index (χ1) is 17.0. The van der Waals surface area contributed by atoms with Gasteiger partial charge in [0.05, 0.1) is 35.3 Å². The van der Waals surface area contributed by atoms with Crippen LogP contribution in [0.5, 0.6) is 0 Å². The van der Waals surface area contributed by atoms with Crippen LogP contribution in [-0.4, -0.2) is 52.1 Å². The van der Waals surface area contributed by atoms with Crippen molar-refractivity contribution < 1.29 is 9.90 Å². The van der Waals surface area contributed by atoms with E-state index in [1.807, 2.05) is 4.68 Å². The topological polar surface area (TPSA) is 153 Å². The molecule has 1 saturated carbocycles. The van der Waals surface area contributed by atoms with Crippen LogP contribution in [0.3, 0.4) is 0 Å². The molecule has 1 amide bonds. The largest absolute Gasteiger partial charge is 0.394 e. The van der Waals surface area contributed by atoms with Crippen molar-refractivity contribution in [2.24, 2.45) is 0 Å². The number of nitrogen functional groups attached to an aromatic ring is 1. The fourth-order valence-corrected chi connectivity index (χ4v) is 4.67. The molecule has 1 aliphatic rings. The number of aliphatic hydroxyl groups excluding tert-OH is 1. The zero-order chi connectivity index (χ0) is 24.1. The summed E-state index contributed by atoms with van der Waals surface area (Å²) in [5, 5.41) is 22.7. The Morgan fingerprint density at radius 1 is 1.26 bits per heavy atom. The number of hydrogen-bond donors (Lipinski definition) is 4. The second-order valence-corrected chi connectivity index (χ2v) is 8.93. The average Bonchev–Trinajstić information content (AvgIpc) is 3.50. The van der Waals surface area contributed by atoms with E-state index in [1.54, 1.807) is 35.1 Å². The Morgan fingerprint density at radius 2 is 2.11 bits per heavy atom. The lowest BCUT2D eigenvalue weighted by atomic mass is 9.93. The van der Waals surface area contributed by atoms with Gasteiger partial charge in [-0.2, -0.15) is 10.2 Å². The maximum atomic E-state index is 12.8. The molecule has 0 spiro atoms. The molecule has 6 rings (SSSR count). The number of rotatable bonds is 6. The highest BCUT2D eigenvalue weighted by Gasteiger charge is 2.28. The van der Waals surface area contributed by atoms with Gasteiger partial charge in [0.2, 0.25) is 0 Å². The molecule has 0 bridgehead atoms. The smallest absolute Gasteiger partial charge is 0.256 e. The summed E-state index contributed by atoms with van der Waals surface area (Å²) in [5.74, 6) is 0.425. The highest BCUT2D eigenvalue weighted by molar-refractivity contribution is 6.38. The summed E-state index contributed by atoms with van der Waals surface area (Å²) >= 11 is 6.78. The molecule has 0 unspecified atom stereocenters. The summed E-state index contributed by atoms with van der Waals surface area (Å²) in [5.41, 5.74) is 9.24. The lowest BCUT2D eigenvalue weighted by Gasteiger charge is -2.25. The first kappa shape index (κ1) is 21.6. The minimum absolute atomic E-state index is 0.0341. The number of amides is 1. The van der Waals surface area contributed by atoms with Crippen LogP contribution in [0.2, 0.25) is 5.02 Å². The minimum atomic E-state index is -0.314. The van der Waals surface area contributed by atoms with E-state index in [1.165, 1.54) is 6.33 Å². The Labute approximate surface area is 203 Å². The van der Waals surface area contributed by atoms with Crippen molar-refractivity contribution in [1.29, 1.82) is 0 Å². The molecule has 11 nitrogen and oxygen atoms in total. The van der Waals surface area contributed by atoms with Crippen LogP contribution >= 0.6 is 11.6 Å². The molecule has 35 heavy (non-hydrogen) atoms. The zero-order valence-corrected chi connectivity index (χ0v) is 19.3. The second-order valence-electron chi connectivity index (χ2n) is 8.55. The maximum Gasteiger partial charge on any atom is 0.256 e. The van der Waals surface area contributed by atoms with Gasteiger partial charge in [0.25, 0.3) is 5.91 Å². The van der Waals surface area contributed by atoms with Gasteiger partial charge in [-0.15, -0.1) is 0 Å². The molecular weight excluding hydrogens is 470 g/mol. The number of carbonyl (C=O) groups excluding carboxylic acids is 1. The summed E-state index contributed by atoms with van der Waals surface area (Å²) in [4.78, 5) is 24.7. The van der Waals surface area contributed by atoms with E-state index in [9.17, 15) is 4.79 Å². The summed E-state index contributed by atoms with van der Waals surface area (Å²) in [6.45, 7) is 0.319. The molecule has 0 atom stereocenters. The number of benzene rings is 1. The van der Waals surface area contributed by atoms with E-state index in [0.717, 1.165) is 24.6 Å². The Morgan fingerprint density at radius 3 is 2.89 bits per heavy atom. The van der Waals surface area contributed by atoms with Crippen molar-refractivity contribution >= 4 is 51.1 Å². The molecule has 4 aromatic heterocycles. The first-order valence-corrected chi connectivity index (χ1v) is 11.7. The Hall–Kier alpha value is -3.96. The molecule has 5 aromatic rings. The molecule has 0 saturated heterocycles. The number of fused-ring (bicyclic) bond motifs is 2. The van der Waals surface area contributed by atoms with Crippen LogP contribution in [0.15, 0.2) is 36.8 Å². The van der Waals surface area contributed by atoms with Crippen LogP contribution < -0.4 is 11.1 Å². The highest BCUT2D eigenvalue weighted by atomic mass is 35.5. The number of aliphatic hydroxyl groups is 1.